The first kappa shape index (κ1) is 12.9. The third kappa shape index (κ3) is 3.71. The minimum absolute atomic E-state index is 0.0417. The number of benzene rings is 1. The molecular weight excluding hydrogens is 222 g/mol. The molecule has 0 heterocycles. The molecule has 0 aliphatic carbocycles. The second-order valence-corrected chi connectivity index (χ2v) is 3.58. The van der Waals surface area contributed by atoms with Crippen LogP contribution in [0, 0.1) is 10.1 Å². The first-order valence-corrected chi connectivity index (χ1v) is 5.23. The predicted molar refractivity (Wildman–Crippen MR) is 63.6 cm³/mol. The maximum absolute atomic E-state index is 10.9. The molecule has 17 heavy (non-hydrogen) atoms. The zero-order valence-corrected chi connectivity index (χ0v) is 9.42. The van der Waals surface area contributed by atoms with Crippen molar-refractivity contribution in [2.45, 2.75) is 19.8 Å². The summed E-state index contributed by atoms with van der Waals surface area (Å²) in [4.78, 5) is 21.0. The normalized spacial score (nSPS) is 11.2. The average Bonchev–Trinajstić information content (AvgIpc) is 2.28. The van der Waals surface area contributed by atoms with Crippen LogP contribution in [0.2, 0.25) is 0 Å². The topological polar surface area (TPSA) is 80.4 Å². The molecule has 0 aliphatic rings. The van der Waals surface area contributed by atoms with Gasteiger partial charge in [0.25, 0.3) is 5.69 Å². The molecule has 5 nitrogen and oxygen atoms in total. The van der Waals surface area contributed by atoms with E-state index in [1.54, 1.807) is 6.07 Å². The van der Waals surface area contributed by atoms with Gasteiger partial charge in [-0.1, -0.05) is 25.5 Å². The lowest BCUT2D eigenvalue weighted by atomic mass is 10.1. The summed E-state index contributed by atoms with van der Waals surface area (Å²) in [6.45, 7) is 1.88. The van der Waals surface area contributed by atoms with Crippen LogP contribution in [0.3, 0.4) is 0 Å². The molecule has 90 valence electrons. The number of carboxylic acids is 1. The van der Waals surface area contributed by atoms with E-state index in [4.69, 9.17) is 5.11 Å². The van der Waals surface area contributed by atoms with Crippen LogP contribution in [-0.2, 0) is 4.79 Å². The fourth-order valence-corrected chi connectivity index (χ4v) is 1.44. The first-order chi connectivity index (χ1) is 8.04. The molecule has 0 aliphatic heterocycles. The van der Waals surface area contributed by atoms with Crippen LogP contribution in [-0.4, -0.2) is 16.0 Å². The molecule has 1 aromatic carbocycles. The summed E-state index contributed by atoms with van der Waals surface area (Å²) in [6, 6.07) is 5.91. The summed E-state index contributed by atoms with van der Waals surface area (Å²) in [5.74, 6) is -0.988. The summed E-state index contributed by atoms with van der Waals surface area (Å²) in [5.41, 5.74) is 0.748. The largest absolute Gasteiger partial charge is 0.478 e. The summed E-state index contributed by atoms with van der Waals surface area (Å²) in [7, 11) is 0. The third-order valence-corrected chi connectivity index (χ3v) is 2.22. The lowest BCUT2D eigenvalue weighted by Gasteiger charge is -2.00. The van der Waals surface area contributed by atoms with Gasteiger partial charge < -0.3 is 5.11 Å². The van der Waals surface area contributed by atoms with Crippen molar-refractivity contribution < 1.29 is 14.8 Å². The molecule has 1 N–H and O–H groups in total. The minimum atomic E-state index is -0.988. The minimum Gasteiger partial charge on any atom is -0.478 e. The number of rotatable bonds is 5. The quantitative estimate of drug-likeness (QED) is 0.483. The van der Waals surface area contributed by atoms with Crippen LogP contribution in [0.1, 0.15) is 25.3 Å². The zero-order valence-electron chi connectivity index (χ0n) is 9.42. The van der Waals surface area contributed by atoms with Crippen molar-refractivity contribution in [3.63, 3.8) is 0 Å². The Balaban J connectivity index is 3.06. The van der Waals surface area contributed by atoms with Gasteiger partial charge in [-0.05, 0) is 18.1 Å². The van der Waals surface area contributed by atoms with Crippen LogP contribution in [0.5, 0.6) is 0 Å². The van der Waals surface area contributed by atoms with E-state index in [1.165, 1.54) is 24.3 Å². The Kier molecular flexibility index (Phi) is 4.39. The van der Waals surface area contributed by atoms with Gasteiger partial charge in [0.1, 0.15) is 0 Å². The Morgan fingerprint density at radius 1 is 1.53 bits per heavy atom. The Morgan fingerprint density at radius 3 is 2.76 bits per heavy atom. The van der Waals surface area contributed by atoms with Gasteiger partial charge in [0, 0.05) is 17.7 Å². The van der Waals surface area contributed by atoms with Crippen LogP contribution in [0.15, 0.2) is 29.8 Å². The predicted octanol–water partition coefficient (Wildman–Crippen LogP) is 2.86. The van der Waals surface area contributed by atoms with E-state index < -0.39 is 10.9 Å². The Morgan fingerprint density at radius 2 is 2.24 bits per heavy atom. The van der Waals surface area contributed by atoms with E-state index in [0.717, 1.165) is 0 Å². The van der Waals surface area contributed by atoms with E-state index in [1.807, 2.05) is 6.92 Å². The lowest BCUT2D eigenvalue weighted by molar-refractivity contribution is -0.384. The highest BCUT2D eigenvalue weighted by Crippen LogP contribution is 2.17. The fourth-order valence-electron chi connectivity index (χ4n) is 1.44. The van der Waals surface area contributed by atoms with Crippen molar-refractivity contribution in [3.05, 3.63) is 45.5 Å². The van der Waals surface area contributed by atoms with Crippen LogP contribution in [0.25, 0.3) is 6.08 Å². The number of carbonyl (C=O) groups is 1. The van der Waals surface area contributed by atoms with Crippen molar-refractivity contribution in [2.75, 3.05) is 0 Å². The average molecular weight is 235 g/mol. The number of carboxylic acid groups (broad SMARTS) is 1. The van der Waals surface area contributed by atoms with Gasteiger partial charge in [-0.25, -0.2) is 4.79 Å². The van der Waals surface area contributed by atoms with Gasteiger partial charge in [0.15, 0.2) is 0 Å². The third-order valence-electron chi connectivity index (χ3n) is 2.22. The van der Waals surface area contributed by atoms with Crippen molar-refractivity contribution >= 4 is 17.7 Å². The van der Waals surface area contributed by atoms with Gasteiger partial charge in [0.2, 0.25) is 0 Å². The first-order valence-electron chi connectivity index (χ1n) is 5.23. The van der Waals surface area contributed by atoms with Gasteiger partial charge >= 0.3 is 5.97 Å². The van der Waals surface area contributed by atoms with Gasteiger partial charge in [0.05, 0.1) is 4.92 Å². The smallest absolute Gasteiger partial charge is 0.331 e. The lowest BCUT2D eigenvalue weighted by Crippen LogP contribution is -2.00. The van der Waals surface area contributed by atoms with Gasteiger partial charge in [-0.2, -0.15) is 0 Å². The van der Waals surface area contributed by atoms with Crippen LogP contribution < -0.4 is 0 Å². The molecule has 0 atom stereocenters. The van der Waals surface area contributed by atoms with Crippen LogP contribution >= 0.6 is 0 Å². The molecule has 5 heteroatoms. The van der Waals surface area contributed by atoms with Crippen LogP contribution in [0.4, 0.5) is 5.69 Å². The van der Waals surface area contributed by atoms with E-state index in [-0.39, 0.29) is 11.3 Å². The number of hydrogen-bond acceptors (Lipinski definition) is 3. The SMILES string of the molecule is CCCC(=Cc1cccc([N+](=O)[O-])c1)C(=O)O. The molecule has 0 unspecified atom stereocenters. The number of nitrogens with zero attached hydrogens (tertiary/aromatic N) is 1. The van der Waals surface area contributed by atoms with Crippen molar-refractivity contribution in [1.82, 2.24) is 0 Å². The number of hydrogen-bond donors (Lipinski definition) is 1. The van der Waals surface area contributed by atoms with Gasteiger partial charge in [-0.3, -0.25) is 10.1 Å². The molecule has 0 fully saturated rings. The highest BCUT2D eigenvalue weighted by molar-refractivity contribution is 5.92. The molecule has 0 aromatic heterocycles. The standard InChI is InChI=1S/C12H13NO4/c1-2-4-10(12(14)15)7-9-5-3-6-11(8-9)13(16)17/h3,5-8H,2,4H2,1H3,(H,14,15). The maximum Gasteiger partial charge on any atom is 0.331 e. The number of nitro benzene ring substituents is 1. The number of aliphatic carboxylic acids is 1. The summed E-state index contributed by atoms with van der Waals surface area (Å²) in [5, 5.41) is 19.5. The summed E-state index contributed by atoms with van der Waals surface area (Å²) >= 11 is 0. The van der Waals surface area contributed by atoms with Crippen molar-refractivity contribution in [1.29, 1.82) is 0 Å². The molecule has 0 saturated heterocycles. The second kappa shape index (κ2) is 5.79. The molecular formula is C12H13NO4. The summed E-state index contributed by atoms with van der Waals surface area (Å²) < 4.78 is 0. The summed E-state index contributed by atoms with van der Waals surface area (Å²) in [6.07, 6.45) is 2.63. The highest BCUT2D eigenvalue weighted by Gasteiger charge is 2.08. The highest BCUT2D eigenvalue weighted by atomic mass is 16.6. The Hall–Kier alpha value is -2.17. The molecule has 0 bridgehead atoms. The van der Waals surface area contributed by atoms with E-state index >= 15 is 0 Å². The fraction of sp³-hybridized carbons (Fsp3) is 0.250. The molecule has 1 aromatic rings. The number of non-ortho nitro benzene ring substituents is 1. The van der Waals surface area contributed by atoms with E-state index in [0.29, 0.717) is 18.4 Å². The molecule has 0 saturated carbocycles. The Bertz CT molecular complexity index is 465. The zero-order chi connectivity index (χ0) is 12.8. The van der Waals surface area contributed by atoms with Crippen molar-refractivity contribution in [3.8, 4) is 0 Å². The maximum atomic E-state index is 10.9. The van der Waals surface area contributed by atoms with Crippen molar-refractivity contribution in [2.24, 2.45) is 0 Å². The molecule has 0 spiro atoms. The van der Waals surface area contributed by atoms with E-state index in [9.17, 15) is 14.9 Å². The molecule has 0 amide bonds. The van der Waals surface area contributed by atoms with E-state index in [2.05, 4.69) is 0 Å². The molecule has 1 rings (SSSR count). The number of nitro groups is 1. The monoisotopic (exact) mass is 235 g/mol. The molecule has 0 radical (unpaired) electrons. The second-order valence-electron chi connectivity index (χ2n) is 3.58. The van der Waals surface area contributed by atoms with Gasteiger partial charge in [-0.15, -0.1) is 0 Å². The Labute approximate surface area is 98.5 Å².